The van der Waals surface area contributed by atoms with Crippen LogP contribution in [0.25, 0.3) is 16.9 Å². The van der Waals surface area contributed by atoms with Gasteiger partial charge in [0, 0.05) is 11.1 Å². The van der Waals surface area contributed by atoms with Crippen molar-refractivity contribution in [2.75, 3.05) is 21.3 Å². The number of hydrogen-bond acceptors (Lipinski definition) is 7. The van der Waals surface area contributed by atoms with Gasteiger partial charge in [-0.3, -0.25) is 0 Å². The van der Waals surface area contributed by atoms with Crippen LogP contribution in [0.3, 0.4) is 0 Å². The van der Waals surface area contributed by atoms with Crippen molar-refractivity contribution in [2.24, 2.45) is 0 Å². The molecule has 4 aromatic rings. The Labute approximate surface area is 206 Å². The van der Waals surface area contributed by atoms with Crippen LogP contribution in [0.4, 0.5) is 4.39 Å². The summed E-state index contributed by atoms with van der Waals surface area (Å²) < 4.78 is 36.4. The molecule has 1 heterocycles. The highest BCUT2D eigenvalue weighted by molar-refractivity contribution is 6.06. The second-order valence-electron chi connectivity index (χ2n) is 7.55. The molecule has 0 radical (unpaired) electrons. The molecule has 0 saturated carbocycles. The van der Waals surface area contributed by atoms with Crippen LogP contribution in [0.1, 0.15) is 26.4 Å². The van der Waals surface area contributed by atoms with Crippen molar-refractivity contribution in [2.45, 2.75) is 6.61 Å². The first-order valence-electron chi connectivity index (χ1n) is 10.9. The maximum Gasteiger partial charge on any atom is 0.357 e. The molecule has 0 spiro atoms. The SMILES string of the molecule is COC(=O)c1c(-c2ccc(OC)c(COc3ccccc3F)c2)nn(-c2ccccc2)c1C(=O)OC. The Bertz CT molecular complexity index is 1400. The van der Waals surface area contributed by atoms with Crippen molar-refractivity contribution in [1.82, 2.24) is 9.78 Å². The van der Waals surface area contributed by atoms with Crippen LogP contribution in [0.15, 0.2) is 72.8 Å². The zero-order valence-electron chi connectivity index (χ0n) is 19.9. The maximum atomic E-state index is 14.1. The fourth-order valence-corrected chi connectivity index (χ4v) is 3.71. The maximum absolute atomic E-state index is 14.1. The summed E-state index contributed by atoms with van der Waals surface area (Å²) in [5, 5.41) is 4.59. The quantitative estimate of drug-likeness (QED) is 0.327. The molecule has 184 valence electrons. The minimum absolute atomic E-state index is 0.0191. The summed E-state index contributed by atoms with van der Waals surface area (Å²) in [5.41, 5.74) is 1.67. The van der Waals surface area contributed by atoms with Gasteiger partial charge in [-0.1, -0.05) is 30.3 Å². The minimum atomic E-state index is -0.757. The summed E-state index contributed by atoms with van der Waals surface area (Å²) in [6, 6.07) is 20.0. The number of hydrogen-bond donors (Lipinski definition) is 0. The van der Waals surface area contributed by atoms with Crippen LogP contribution in [-0.2, 0) is 16.1 Å². The zero-order valence-corrected chi connectivity index (χ0v) is 19.9. The van der Waals surface area contributed by atoms with Gasteiger partial charge >= 0.3 is 11.9 Å². The molecule has 9 heteroatoms. The molecule has 0 aliphatic rings. The summed E-state index contributed by atoms with van der Waals surface area (Å²) in [5.74, 6) is -1.43. The van der Waals surface area contributed by atoms with Crippen LogP contribution < -0.4 is 9.47 Å². The molecule has 0 amide bonds. The normalized spacial score (nSPS) is 10.6. The van der Waals surface area contributed by atoms with Crippen molar-refractivity contribution < 1.29 is 32.9 Å². The van der Waals surface area contributed by atoms with Gasteiger partial charge in [-0.05, 0) is 42.5 Å². The summed E-state index contributed by atoms with van der Waals surface area (Å²) in [6.45, 7) is -0.0191. The van der Waals surface area contributed by atoms with Gasteiger partial charge in [0.2, 0.25) is 0 Å². The molecule has 36 heavy (non-hydrogen) atoms. The van der Waals surface area contributed by atoms with E-state index in [9.17, 15) is 14.0 Å². The fraction of sp³-hybridized carbons (Fsp3) is 0.148. The number of halogens is 1. The Balaban J connectivity index is 1.86. The molecule has 3 aromatic carbocycles. The first-order chi connectivity index (χ1) is 17.5. The van der Waals surface area contributed by atoms with E-state index in [1.54, 1.807) is 54.6 Å². The number of ether oxygens (including phenoxy) is 4. The summed E-state index contributed by atoms with van der Waals surface area (Å²) in [4.78, 5) is 25.7. The van der Waals surface area contributed by atoms with Crippen molar-refractivity contribution in [3.63, 3.8) is 0 Å². The number of carbonyl (C=O) groups excluding carboxylic acids is 2. The highest BCUT2D eigenvalue weighted by Gasteiger charge is 2.31. The molecule has 0 aliphatic heterocycles. The van der Waals surface area contributed by atoms with Crippen molar-refractivity contribution in [3.8, 4) is 28.4 Å². The second kappa shape index (κ2) is 10.7. The Hall–Kier alpha value is -4.66. The minimum Gasteiger partial charge on any atom is -0.496 e. The van der Waals surface area contributed by atoms with Crippen molar-refractivity contribution >= 4 is 11.9 Å². The molecule has 0 saturated heterocycles. The molecule has 4 rings (SSSR count). The van der Waals surface area contributed by atoms with Crippen LogP contribution >= 0.6 is 0 Å². The number of nitrogens with zero attached hydrogens (tertiary/aromatic N) is 2. The lowest BCUT2D eigenvalue weighted by atomic mass is 10.0. The third-order valence-electron chi connectivity index (χ3n) is 5.43. The fourth-order valence-electron chi connectivity index (χ4n) is 3.71. The number of carbonyl (C=O) groups is 2. The number of rotatable bonds is 8. The third-order valence-corrected chi connectivity index (χ3v) is 5.43. The Morgan fingerprint density at radius 1 is 0.861 bits per heavy atom. The number of esters is 2. The van der Waals surface area contributed by atoms with E-state index < -0.39 is 17.8 Å². The molecule has 0 atom stereocenters. The molecule has 0 unspecified atom stereocenters. The van der Waals surface area contributed by atoms with Crippen LogP contribution in [0.5, 0.6) is 11.5 Å². The van der Waals surface area contributed by atoms with Gasteiger partial charge in [0.1, 0.15) is 23.6 Å². The average Bonchev–Trinajstić information content (AvgIpc) is 3.33. The Morgan fingerprint density at radius 2 is 1.56 bits per heavy atom. The van der Waals surface area contributed by atoms with E-state index in [4.69, 9.17) is 18.9 Å². The Morgan fingerprint density at radius 3 is 2.22 bits per heavy atom. The number of methoxy groups -OCH3 is 3. The summed E-state index contributed by atoms with van der Waals surface area (Å²) in [7, 11) is 3.94. The van der Waals surface area contributed by atoms with E-state index in [0.717, 1.165) is 0 Å². The van der Waals surface area contributed by atoms with E-state index in [2.05, 4.69) is 5.10 Å². The monoisotopic (exact) mass is 490 g/mol. The molecule has 1 aromatic heterocycles. The van der Waals surface area contributed by atoms with E-state index in [0.29, 0.717) is 22.6 Å². The zero-order chi connectivity index (χ0) is 25.7. The second-order valence-corrected chi connectivity index (χ2v) is 7.55. The average molecular weight is 490 g/mol. The molecule has 0 fully saturated rings. The topological polar surface area (TPSA) is 88.9 Å². The van der Waals surface area contributed by atoms with Gasteiger partial charge in [-0.2, -0.15) is 5.10 Å². The molecule has 0 aliphatic carbocycles. The van der Waals surface area contributed by atoms with Crippen molar-refractivity contribution in [3.05, 3.63) is 95.4 Å². The van der Waals surface area contributed by atoms with Crippen molar-refractivity contribution in [1.29, 1.82) is 0 Å². The number of para-hydroxylation sites is 2. The summed E-state index contributed by atoms with van der Waals surface area (Å²) >= 11 is 0. The van der Waals surface area contributed by atoms with Gasteiger partial charge < -0.3 is 18.9 Å². The van der Waals surface area contributed by atoms with Crippen LogP contribution in [0, 0.1) is 5.82 Å². The Kier molecular flexibility index (Phi) is 7.29. The van der Waals surface area contributed by atoms with Crippen LogP contribution in [0.2, 0.25) is 0 Å². The lowest BCUT2D eigenvalue weighted by Gasteiger charge is -2.12. The molecule has 0 N–H and O–H groups in total. The molecule has 0 bridgehead atoms. The molecule has 8 nitrogen and oxygen atoms in total. The van der Waals surface area contributed by atoms with Gasteiger partial charge in [0.05, 0.1) is 27.0 Å². The van der Waals surface area contributed by atoms with E-state index in [-0.39, 0.29) is 29.3 Å². The van der Waals surface area contributed by atoms with E-state index in [1.165, 1.54) is 38.1 Å². The highest BCUT2D eigenvalue weighted by atomic mass is 19.1. The van der Waals surface area contributed by atoms with E-state index >= 15 is 0 Å². The standard InChI is InChI=1S/C27H23FN2O6/c1-33-21-14-13-17(15-18(21)16-36-22-12-8-7-11-20(22)28)24-23(26(31)34-2)25(27(32)35-3)30(29-24)19-9-5-4-6-10-19/h4-15H,16H2,1-3H3. The smallest absolute Gasteiger partial charge is 0.357 e. The lowest BCUT2D eigenvalue weighted by molar-refractivity contribution is 0.0549. The predicted molar refractivity (Wildman–Crippen MR) is 129 cm³/mol. The van der Waals surface area contributed by atoms with Gasteiger partial charge in [0.25, 0.3) is 0 Å². The first-order valence-corrected chi connectivity index (χ1v) is 10.9. The highest BCUT2D eigenvalue weighted by Crippen LogP contribution is 2.33. The lowest BCUT2D eigenvalue weighted by Crippen LogP contribution is -2.15. The largest absolute Gasteiger partial charge is 0.496 e. The van der Waals surface area contributed by atoms with Gasteiger partial charge in [-0.25, -0.2) is 18.7 Å². The van der Waals surface area contributed by atoms with Crippen LogP contribution in [-0.4, -0.2) is 43.0 Å². The van der Waals surface area contributed by atoms with Gasteiger partial charge in [0.15, 0.2) is 17.3 Å². The molecular formula is C27H23FN2O6. The number of aromatic nitrogens is 2. The van der Waals surface area contributed by atoms with E-state index in [1.807, 2.05) is 6.07 Å². The molecular weight excluding hydrogens is 467 g/mol. The van der Waals surface area contributed by atoms with Gasteiger partial charge in [-0.15, -0.1) is 0 Å². The first kappa shape index (κ1) is 24.5. The number of benzene rings is 3. The summed E-state index contributed by atoms with van der Waals surface area (Å²) in [6.07, 6.45) is 0. The predicted octanol–water partition coefficient (Wildman–Crippen LogP) is 4.84. The third kappa shape index (κ3) is 4.76.